The number of sulfonamides is 1. The molecular weight excluding hydrogens is 278 g/mol. The second-order valence-electron chi connectivity index (χ2n) is 3.70. The number of hydrogen-bond donors (Lipinski definition) is 1. The summed E-state index contributed by atoms with van der Waals surface area (Å²) in [5.74, 6) is -0.814. The summed E-state index contributed by atoms with van der Waals surface area (Å²) in [5, 5.41) is 26.6. The van der Waals surface area contributed by atoms with E-state index in [1.807, 2.05) is 0 Å². The molecule has 102 valence electrons. The standard InChI is InChI=1S/C7H9N7O4S/c1-12-2-5(9-11-12)3-13-4-6(19(8,17)18)7(10-13)14(15)16/h2,4H,3H2,1H3,(H2,8,17,18). The van der Waals surface area contributed by atoms with E-state index >= 15 is 0 Å². The van der Waals surface area contributed by atoms with Gasteiger partial charge in [-0.2, -0.15) is 4.68 Å². The molecule has 2 rings (SSSR count). The van der Waals surface area contributed by atoms with Crippen molar-refractivity contribution < 1.29 is 13.3 Å². The smallest absolute Gasteiger partial charge is 0.358 e. The fraction of sp³-hybridized carbons (Fsp3) is 0.286. The molecule has 11 nitrogen and oxygen atoms in total. The van der Waals surface area contributed by atoms with Crippen molar-refractivity contribution >= 4 is 15.8 Å². The van der Waals surface area contributed by atoms with Gasteiger partial charge in [-0.15, -0.1) is 5.10 Å². The molecule has 0 spiro atoms. The molecule has 2 N–H and O–H groups in total. The average molecular weight is 287 g/mol. The highest BCUT2D eigenvalue weighted by Crippen LogP contribution is 2.20. The maximum Gasteiger partial charge on any atom is 0.410 e. The maximum atomic E-state index is 11.2. The van der Waals surface area contributed by atoms with Crippen LogP contribution in [0.2, 0.25) is 0 Å². The van der Waals surface area contributed by atoms with E-state index in [0.717, 1.165) is 10.9 Å². The molecule has 2 aromatic heterocycles. The summed E-state index contributed by atoms with van der Waals surface area (Å²) in [6.45, 7) is 0.0458. The first kappa shape index (κ1) is 13.1. The molecule has 2 aromatic rings. The topological polar surface area (TPSA) is 152 Å². The summed E-state index contributed by atoms with van der Waals surface area (Å²) in [6.07, 6.45) is 2.56. The Bertz CT molecular complexity index is 730. The third kappa shape index (κ3) is 2.74. The van der Waals surface area contributed by atoms with Crippen LogP contribution in [0.5, 0.6) is 0 Å². The lowest BCUT2D eigenvalue weighted by molar-refractivity contribution is -0.392. The number of aryl methyl sites for hydroxylation is 1. The van der Waals surface area contributed by atoms with Crippen LogP contribution in [0, 0.1) is 10.1 Å². The van der Waals surface area contributed by atoms with Crippen molar-refractivity contribution in [3.05, 3.63) is 28.2 Å². The highest BCUT2D eigenvalue weighted by molar-refractivity contribution is 7.89. The predicted octanol–water partition coefficient (Wildman–Crippen LogP) is -1.38. The minimum atomic E-state index is -4.21. The second kappa shape index (κ2) is 4.40. The lowest BCUT2D eigenvalue weighted by Gasteiger charge is -1.91. The largest absolute Gasteiger partial charge is 0.410 e. The molecule has 0 aliphatic rings. The van der Waals surface area contributed by atoms with Crippen LogP contribution >= 0.6 is 0 Å². The predicted molar refractivity (Wildman–Crippen MR) is 60.4 cm³/mol. The molecule has 2 heterocycles. The van der Waals surface area contributed by atoms with Gasteiger partial charge in [0.05, 0.1) is 17.5 Å². The van der Waals surface area contributed by atoms with Crippen LogP contribution < -0.4 is 5.14 Å². The van der Waals surface area contributed by atoms with E-state index in [2.05, 4.69) is 15.4 Å². The van der Waals surface area contributed by atoms with Crippen LogP contribution in [0.25, 0.3) is 0 Å². The molecule has 19 heavy (non-hydrogen) atoms. The average Bonchev–Trinajstić information content (AvgIpc) is 2.85. The van der Waals surface area contributed by atoms with E-state index in [-0.39, 0.29) is 6.54 Å². The number of primary sulfonamides is 1. The van der Waals surface area contributed by atoms with Gasteiger partial charge in [-0.05, 0) is 4.92 Å². The third-order valence-electron chi connectivity index (χ3n) is 2.16. The van der Waals surface area contributed by atoms with Crippen LogP contribution in [0.3, 0.4) is 0 Å². The van der Waals surface area contributed by atoms with Crippen molar-refractivity contribution in [3.63, 3.8) is 0 Å². The number of nitrogens with two attached hydrogens (primary N) is 1. The molecule has 0 unspecified atom stereocenters. The Labute approximate surface area is 106 Å². The zero-order valence-electron chi connectivity index (χ0n) is 9.66. The fourth-order valence-electron chi connectivity index (χ4n) is 1.43. The molecular formula is C7H9N7O4S. The number of nitrogens with zero attached hydrogens (tertiary/aromatic N) is 6. The molecule has 0 aliphatic carbocycles. The summed E-state index contributed by atoms with van der Waals surface area (Å²) in [4.78, 5) is 9.17. The van der Waals surface area contributed by atoms with Gasteiger partial charge in [-0.3, -0.25) is 4.68 Å². The number of aromatic nitrogens is 5. The number of nitro groups is 1. The molecule has 0 aromatic carbocycles. The Balaban J connectivity index is 2.41. The Kier molecular flexibility index (Phi) is 3.03. The second-order valence-corrected chi connectivity index (χ2v) is 5.23. The van der Waals surface area contributed by atoms with E-state index in [1.54, 1.807) is 13.2 Å². The van der Waals surface area contributed by atoms with E-state index in [1.165, 1.54) is 4.68 Å². The van der Waals surface area contributed by atoms with Crippen molar-refractivity contribution in [2.24, 2.45) is 12.2 Å². The molecule has 0 saturated heterocycles. The molecule has 0 amide bonds. The van der Waals surface area contributed by atoms with Gasteiger partial charge in [-0.1, -0.05) is 5.21 Å². The summed E-state index contributed by atoms with van der Waals surface area (Å²) in [6, 6.07) is 0. The van der Waals surface area contributed by atoms with Gasteiger partial charge in [0, 0.05) is 7.05 Å². The van der Waals surface area contributed by atoms with Gasteiger partial charge in [0.1, 0.15) is 12.2 Å². The highest BCUT2D eigenvalue weighted by Gasteiger charge is 2.29. The lowest BCUT2D eigenvalue weighted by Crippen LogP contribution is -2.13. The summed E-state index contributed by atoms with van der Waals surface area (Å²) < 4.78 is 24.9. The lowest BCUT2D eigenvalue weighted by atomic mass is 10.5. The van der Waals surface area contributed by atoms with Crippen LogP contribution in [-0.2, 0) is 23.6 Å². The van der Waals surface area contributed by atoms with Gasteiger partial charge in [-0.25, -0.2) is 13.6 Å². The number of rotatable bonds is 4. The normalized spacial score (nSPS) is 11.7. The van der Waals surface area contributed by atoms with Crippen LogP contribution in [0.4, 0.5) is 5.82 Å². The summed E-state index contributed by atoms with van der Waals surface area (Å²) >= 11 is 0. The van der Waals surface area contributed by atoms with E-state index in [9.17, 15) is 18.5 Å². The minimum absolute atomic E-state index is 0.0458. The summed E-state index contributed by atoms with van der Waals surface area (Å²) in [7, 11) is -2.56. The first-order chi connectivity index (χ1) is 8.77. The van der Waals surface area contributed by atoms with Crippen molar-refractivity contribution in [1.29, 1.82) is 0 Å². The monoisotopic (exact) mass is 287 g/mol. The van der Waals surface area contributed by atoms with Gasteiger partial charge in [0.2, 0.25) is 14.9 Å². The quantitative estimate of drug-likeness (QED) is 0.537. The first-order valence-electron chi connectivity index (χ1n) is 4.87. The SMILES string of the molecule is Cn1cc(Cn2cc(S(N)(=O)=O)c([N+](=O)[O-])n2)nn1. The van der Waals surface area contributed by atoms with Crippen molar-refractivity contribution in [1.82, 2.24) is 24.8 Å². The third-order valence-corrected chi connectivity index (χ3v) is 3.06. The first-order valence-corrected chi connectivity index (χ1v) is 6.42. The van der Waals surface area contributed by atoms with E-state index in [4.69, 9.17) is 5.14 Å². The molecule has 12 heteroatoms. The molecule has 0 bridgehead atoms. The zero-order valence-corrected chi connectivity index (χ0v) is 10.5. The van der Waals surface area contributed by atoms with Gasteiger partial charge in [0.15, 0.2) is 0 Å². The van der Waals surface area contributed by atoms with Crippen LogP contribution in [0.15, 0.2) is 17.3 Å². The molecule has 0 saturated carbocycles. The summed E-state index contributed by atoms with van der Waals surface area (Å²) in [5.41, 5.74) is 0.473. The minimum Gasteiger partial charge on any atom is -0.358 e. The van der Waals surface area contributed by atoms with Crippen LogP contribution in [-0.4, -0.2) is 38.1 Å². The Morgan fingerprint density at radius 2 is 2.16 bits per heavy atom. The Morgan fingerprint density at radius 3 is 2.58 bits per heavy atom. The Morgan fingerprint density at radius 1 is 1.47 bits per heavy atom. The van der Waals surface area contributed by atoms with Gasteiger partial charge < -0.3 is 10.1 Å². The van der Waals surface area contributed by atoms with Crippen molar-refractivity contribution in [3.8, 4) is 0 Å². The highest BCUT2D eigenvalue weighted by atomic mass is 32.2. The molecule has 0 aliphatic heterocycles. The maximum absolute atomic E-state index is 11.2. The molecule has 0 radical (unpaired) electrons. The Hall–Kier alpha value is -2.34. The van der Waals surface area contributed by atoms with Crippen LogP contribution in [0.1, 0.15) is 5.69 Å². The zero-order chi connectivity index (χ0) is 14.2. The fourth-order valence-corrected chi connectivity index (χ4v) is 2.07. The van der Waals surface area contributed by atoms with Crippen molar-refractivity contribution in [2.75, 3.05) is 0 Å². The van der Waals surface area contributed by atoms with E-state index < -0.39 is 25.7 Å². The molecule has 0 atom stereocenters. The van der Waals surface area contributed by atoms with Gasteiger partial charge in [0.25, 0.3) is 0 Å². The van der Waals surface area contributed by atoms with Gasteiger partial charge >= 0.3 is 5.82 Å². The van der Waals surface area contributed by atoms with Crippen molar-refractivity contribution in [2.45, 2.75) is 11.4 Å². The van der Waals surface area contributed by atoms with E-state index in [0.29, 0.717) is 5.69 Å². The number of hydrogen-bond acceptors (Lipinski definition) is 7. The molecule has 0 fully saturated rings.